The minimum Gasteiger partial charge on any atom is -0.311 e. The van der Waals surface area contributed by atoms with Crippen molar-refractivity contribution < 1.29 is 4.39 Å². The zero-order valence-corrected chi connectivity index (χ0v) is 5.60. The molecule has 2 unspecified atom stereocenters. The van der Waals surface area contributed by atoms with Crippen LogP contribution in [0.15, 0.2) is 0 Å². The van der Waals surface area contributed by atoms with Gasteiger partial charge in [-0.05, 0) is 19.8 Å². The molecule has 2 bridgehead atoms. The van der Waals surface area contributed by atoms with Crippen LogP contribution in [0.4, 0.5) is 4.39 Å². The molecule has 0 aromatic carbocycles. The average molecular weight is 129 g/mol. The molecule has 0 amide bonds. The molecule has 2 fully saturated rings. The third kappa shape index (κ3) is 0.692. The Labute approximate surface area is 54.6 Å². The van der Waals surface area contributed by atoms with Gasteiger partial charge in [-0.15, -0.1) is 0 Å². The van der Waals surface area contributed by atoms with E-state index < -0.39 is 6.17 Å². The number of fused-ring (bicyclic) bond motifs is 2. The summed E-state index contributed by atoms with van der Waals surface area (Å²) in [6, 6.07) is 0.929. The highest BCUT2D eigenvalue weighted by Gasteiger charge is 2.43. The van der Waals surface area contributed by atoms with Crippen LogP contribution in [0.25, 0.3) is 0 Å². The van der Waals surface area contributed by atoms with Crippen molar-refractivity contribution in [3.8, 4) is 0 Å². The van der Waals surface area contributed by atoms with Crippen LogP contribution < -0.4 is 5.32 Å². The summed E-state index contributed by atoms with van der Waals surface area (Å²) in [4.78, 5) is 0. The van der Waals surface area contributed by atoms with Crippen molar-refractivity contribution in [3.05, 3.63) is 0 Å². The van der Waals surface area contributed by atoms with Crippen LogP contribution in [0.1, 0.15) is 19.8 Å². The summed E-state index contributed by atoms with van der Waals surface area (Å²) in [5.74, 6) is 0.329. The van der Waals surface area contributed by atoms with Crippen molar-refractivity contribution in [2.24, 2.45) is 5.92 Å². The van der Waals surface area contributed by atoms with E-state index in [9.17, 15) is 4.39 Å². The van der Waals surface area contributed by atoms with E-state index in [1.54, 1.807) is 0 Å². The van der Waals surface area contributed by atoms with E-state index in [0.29, 0.717) is 18.0 Å². The van der Waals surface area contributed by atoms with Gasteiger partial charge in [-0.3, -0.25) is 0 Å². The fourth-order valence-electron chi connectivity index (χ4n) is 2.17. The second-order valence-electron chi connectivity index (χ2n) is 3.30. The molecule has 2 heteroatoms. The summed E-state index contributed by atoms with van der Waals surface area (Å²) in [6.07, 6.45) is 1.32. The molecule has 0 radical (unpaired) electrons. The highest BCUT2D eigenvalue weighted by molar-refractivity contribution is 4.99. The van der Waals surface area contributed by atoms with Crippen LogP contribution in [0.3, 0.4) is 0 Å². The lowest BCUT2D eigenvalue weighted by Gasteiger charge is -2.21. The molecule has 52 valence electrons. The topological polar surface area (TPSA) is 12.0 Å². The van der Waals surface area contributed by atoms with Gasteiger partial charge in [0, 0.05) is 18.0 Å². The number of nitrogens with one attached hydrogen (secondary N) is 1. The molecule has 2 aliphatic rings. The molecule has 9 heavy (non-hydrogen) atoms. The number of piperidine rings is 1. The molecule has 1 saturated carbocycles. The molecule has 1 aliphatic heterocycles. The molecule has 0 spiro atoms. The fourth-order valence-corrected chi connectivity index (χ4v) is 2.17. The minimum atomic E-state index is -0.508. The van der Waals surface area contributed by atoms with Gasteiger partial charge < -0.3 is 5.32 Å². The summed E-state index contributed by atoms with van der Waals surface area (Å²) in [7, 11) is 0. The first-order valence-corrected chi connectivity index (χ1v) is 3.67. The van der Waals surface area contributed by atoms with Gasteiger partial charge in [0.15, 0.2) is 0 Å². The van der Waals surface area contributed by atoms with Crippen LogP contribution in [-0.2, 0) is 0 Å². The number of rotatable bonds is 0. The predicted octanol–water partition coefficient (Wildman–Crippen LogP) is 1.09. The Bertz CT molecular complexity index is 114. The first-order valence-electron chi connectivity index (χ1n) is 3.67. The number of halogens is 1. The molecule has 1 nitrogen and oxygen atoms in total. The summed E-state index contributed by atoms with van der Waals surface area (Å²) < 4.78 is 12.8. The van der Waals surface area contributed by atoms with Gasteiger partial charge in [-0.1, -0.05) is 0 Å². The lowest BCUT2D eigenvalue weighted by Crippen LogP contribution is -2.38. The molecule has 1 heterocycles. The van der Waals surface area contributed by atoms with Crippen LogP contribution in [-0.4, -0.2) is 18.3 Å². The molecule has 1 saturated heterocycles. The SMILES string of the molecule is C[C@H]1NC2CC1[C@H](F)C2. The lowest BCUT2D eigenvalue weighted by molar-refractivity contribution is 0.208. The van der Waals surface area contributed by atoms with Crippen LogP contribution in [0.2, 0.25) is 0 Å². The van der Waals surface area contributed by atoms with E-state index in [1.165, 1.54) is 0 Å². The van der Waals surface area contributed by atoms with Crippen molar-refractivity contribution >= 4 is 0 Å². The largest absolute Gasteiger partial charge is 0.311 e. The second-order valence-corrected chi connectivity index (χ2v) is 3.30. The van der Waals surface area contributed by atoms with Gasteiger partial charge in [-0.2, -0.15) is 0 Å². The third-order valence-electron chi connectivity index (χ3n) is 2.67. The van der Waals surface area contributed by atoms with Gasteiger partial charge in [0.2, 0.25) is 0 Å². The number of hydrogen-bond donors (Lipinski definition) is 1. The number of hydrogen-bond acceptors (Lipinski definition) is 1. The van der Waals surface area contributed by atoms with Gasteiger partial charge in [-0.25, -0.2) is 4.39 Å². The van der Waals surface area contributed by atoms with Crippen LogP contribution in [0, 0.1) is 5.92 Å². The van der Waals surface area contributed by atoms with E-state index in [1.807, 2.05) is 0 Å². The molecule has 1 N–H and O–H groups in total. The van der Waals surface area contributed by atoms with Crippen molar-refractivity contribution in [1.29, 1.82) is 0 Å². The quantitative estimate of drug-likeness (QED) is 0.516. The maximum Gasteiger partial charge on any atom is 0.106 e. The van der Waals surface area contributed by atoms with E-state index in [0.717, 1.165) is 12.8 Å². The monoisotopic (exact) mass is 129 g/mol. The third-order valence-corrected chi connectivity index (χ3v) is 2.67. The Morgan fingerprint density at radius 2 is 2.22 bits per heavy atom. The normalized spacial score (nSPS) is 56.7. The maximum atomic E-state index is 12.8. The van der Waals surface area contributed by atoms with E-state index in [2.05, 4.69) is 12.2 Å². The highest BCUT2D eigenvalue weighted by Crippen LogP contribution is 2.37. The average Bonchev–Trinajstić information content (AvgIpc) is 2.22. The Hall–Kier alpha value is -0.110. The molecular formula is C7H12FN. The second kappa shape index (κ2) is 1.69. The van der Waals surface area contributed by atoms with E-state index in [4.69, 9.17) is 0 Å². The first kappa shape index (κ1) is 5.66. The zero-order chi connectivity index (χ0) is 6.43. The molecular weight excluding hydrogens is 117 g/mol. The van der Waals surface area contributed by atoms with Gasteiger partial charge in [0.05, 0.1) is 0 Å². The Balaban J connectivity index is 2.13. The van der Waals surface area contributed by atoms with Crippen molar-refractivity contribution in [2.45, 2.75) is 38.0 Å². The summed E-state index contributed by atoms with van der Waals surface area (Å²) in [5.41, 5.74) is 0. The lowest BCUT2D eigenvalue weighted by atomic mass is 10.0. The standard InChI is InChI=1S/C7H12FN/c1-4-6-2-5(9-4)3-7(6)8/h4-7,9H,2-3H2,1H3/t4-,5?,6?,7-/m1/s1. The molecule has 4 atom stereocenters. The van der Waals surface area contributed by atoms with Crippen LogP contribution >= 0.6 is 0 Å². The smallest absolute Gasteiger partial charge is 0.106 e. The minimum absolute atomic E-state index is 0.329. The Morgan fingerprint density at radius 1 is 1.44 bits per heavy atom. The fraction of sp³-hybridized carbons (Fsp3) is 1.00. The van der Waals surface area contributed by atoms with Crippen LogP contribution in [0.5, 0.6) is 0 Å². The van der Waals surface area contributed by atoms with Crippen molar-refractivity contribution in [2.75, 3.05) is 0 Å². The van der Waals surface area contributed by atoms with Gasteiger partial charge in [0.25, 0.3) is 0 Å². The highest BCUT2D eigenvalue weighted by atomic mass is 19.1. The summed E-state index contributed by atoms with van der Waals surface area (Å²) in [5, 5.41) is 3.34. The number of alkyl halides is 1. The van der Waals surface area contributed by atoms with E-state index >= 15 is 0 Å². The predicted molar refractivity (Wildman–Crippen MR) is 34.0 cm³/mol. The summed E-state index contributed by atoms with van der Waals surface area (Å²) >= 11 is 0. The molecule has 1 aliphatic carbocycles. The van der Waals surface area contributed by atoms with Crippen molar-refractivity contribution in [1.82, 2.24) is 5.32 Å². The first-order chi connectivity index (χ1) is 4.27. The zero-order valence-electron chi connectivity index (χ0n) is 5.60. The van der Waals surface area contributed by atoms with Gasteiger partial charge in [0.1, 0.15) is 6.17 Å². The maximum absolute atomic E-state index is 12.8. The Kier molecular flexibility index (Phi) is 1.06. The van der Waals surface area contributed by atoms with Crippen molar-refractivity contribution in [3.63, 3.8) is 0 Å². The molecule has 2 rings (SSSR count). The molecule has 0 aromatic rings. The Morgan fingerprint density at radius 3 is 2.56 bits per heavy atom. The van der Waals surface area contributed by atoms with E-state index in [-0.39, 0.29) is 0 Å². The molecule has 0 aromatic heterocycles. The van der Waals surface area contributed by atoms with Gasteiger partial charge >= 0.3 is 0 Å². The summed E-state index contributed by atoms with van der Waals surface area (Å²) in [6.45, 7) is 2.08.